The van der Waals surface area contributed by atoms with Crippen LogP contribution >= 0.6 is 0 Å². The fourth-order valence-electron chi connectivity index (χ4n) is 1.58. The number of benzene rings is 1. The number of halogens is 1. The van der Waals surface area contributed by atoms with E-state index in [0.717, 1.165) is 24.5 Å². The van der Waals surface area contributed by atoms with E-state index >= 15 is 0 Å². The van der Waals surface area contributed by atoms with Crippen molar-refractivity contribution in [1.82, 2.24) is 15.5 Å². The molecule has 1 aliphatic heterocycles. The first kappa shape index (κ1) is 9.47. The fourth-order valence-corrected chi connectivity index (χ4v) is 1.58. The minimum atomic E-state index is -0.272. The Labute approximate surface area is 91.5 Å². The first-order chi connectivity index (χ1) is 7.83. The van der Waals surface area contributed by atoms with E-state index in [1.807, 2.05) is 0 Å². The maximum absolute atomic E-state index is 12.7. The van der Waals surface area contributed by atoms with Crippen LogP contribution in [0.2, 0.25) is 0 Å². The normalized spacial score (nSPS) is 16.1. The summed E-state index contributed by atoms with van der Waals surface area (Å²) in [7, 11) is 0. The smallest absolute Gasteiger partial charge is 0.257 e. The number of hydrogen-bond acceptors (Lipinski definition) is 4. The quantitative estimate of drug-likeness (QED) is 0.832. The Bertz CT molecular complexity index is 490. The number of aromatic nitrogens is 2. The van der Waals surface area contributed by atoms with Crippen molar-refractivity contribution in [3.63, 3.8) is 0 Å². The SMILES string of the molecule is Fc1ccc(-c2nc(C3CNC3)no2)cc1. The van der Waals surface area contributed by atoms with Crippen LogP contribution in [0.5, 0.6) is 0 Å². The second kappa shape index (κ2) is 3.68. The lowest BCUT2D eigenvalue weighted by molar-refractivity contribution is 0.382. The zero-order chi connectivity index (χ0) is 11.0. The third-order valence-corrected chi connectivity index (χ3v) is 2.68. The summed E-state index contributed by atoms with van der Waals surface area (Å²) in [6.07, 6.45) is 0. The van der Waals surface area contributed by atoms with E-state index in [2.05, 4.69) is 15.5 Å². The number of hydrogen-bond donors (Lipinski definition) is 1. The molecule has 1 aliphatic rings. The summed E-state index contributed by atoms with van der Waals surface area (Å²) >= 11 is 0. The van der Waals surface area contributed by atoms with Crippen molar-refractivity contribution in [3.8, 4) is 11.5 Å². The summed E-state index contributed by atoms with van der Waals surface area (Å²) in [5.74, 6) is 1.24. The lowest BCUT2D eigenvalue weighted by Gasteiger charge is -2.23. The Morgan fingerprint density at radius 3 is 2.62 bits per heavy atom. The number of nitrogens with one attached hydrogen (secondary N) is 1. The summed E-state index contributed by atoms with van der Waals surface area (Å²) in [4.78, 5) is 4.29. The predicted molar refractivity (Wildman–Crippen MR) is 55.3 cm³/mol. The molecule has 5 heteroatoms. The molecule has 1 saturated heterocycles. The van der Waals surface area contributed by atoms with Gasteiger partial charge in [0, 0.05) is 24.6 Å². The Morgan fingerprint density at radius 1 is 1.25 bits per heavy atom. The van der Waals surface area contributed by atoms with Gasteiger partial charge in [-0.15, -0.1) is 0 Å². The molecule has 0 spiro atoms. The highest BCUT2D eigenvalue weighted by molar-refractivity contribution is 5.52. The molecule has 0 bridgehead atoms. The second-order valence-electron chi connectivity index (χ2n) is 3.82. The van der Waals surface area contributed by atoms with Crippen LogP contribution in [0.1, 0.15) is 11.7 Å². The molecule has 1 aromatic heterocycles. The third kappa shape index (κ3) is 1.59. The van der Waals surface area contributed by atoms with Crippen molar-refractivity contribution >= 4 is 0 Å². The number of nitrogens with zero attached hydrogens (tertiary/aromatic N) is 2. The highest BCUT2D eigenvalue weighted by Gasteiger charge is 2.24. The van der Waals surface area contributed by atoms with Gasteiger partial charge in [-0.3, -0.25) is 0 Å². The van der Waals surface area contributed by atoms with Gasteiger partial charge in [0.25, 0.3) is 5.89 Å². The van der Waals surface area contributed by atoms with Gasteiger partial charge >= 0.3 is 0 Å². The zero-order valence-electron chi connectivity index (χ0n) is 8.48. The molecule has 82 valence electrons. The van der Waals surface area contributed by atoms with Crippen molar-refractivity contribution in [2.24, 2.45) is 0 Å². The topological polar surface area (TPSA) is 51.0 Å². The van der Waals surface area contributed by atoms with E-state index < -0.39 is 0 Å². The van der Waals surface area contributed by atoms with Crippen molar-refractivity contribution in [3.05, 3.63) is 35.9 Å². The van der Waals surface area contributed by atoms with Crippen LogP contribution in [0.3, 0.4) is 0 Å². The van der Waals surface area contributed by atoms with Gasteiger partial charge in [0.15, 0.2) is 5.82 Å². The summed E-state index contributed by atoms with van der Waals surface area (Å²) in [6, 6.07) is 6.02. The molecule has 1 N–H and O–H groups in total. The average Bonchev–Trinajstić information content (AvgIpc) is 2.65. The molecule has 0 atom stereocenters. The first-order valence-electron chi connectivity index (χ1n) is 5.13. The van der Waals surface area contributed by atoms with Crippen LogP contribution < -0.4 is 5.32 Å². The molecule has 0 unspecified atom stereocenters. The maximum atomic E-state index is 12.7. The van der Waals surface area contributed by atoms with Crippen molar-refractivity contribution in [2.75, 3.05) is 13.1 Å². The minimum Gasteiger partial charge on any atom is -0.334 e. The molecular formula is C11H10FN3O. The summed E-state index contributed by atoms with van der Waals surface area (Å²) in [6.45, 7) is 1.78. The predicted octanol–water partition coefficient (Wildman–Crippen LogP) is 1.56. The van der Waals surface area contributed by atoms with E-state index in [1.54, 1.807) is 12.1 Å². The van der Waals surface area contributed by atoms with Gasteiger partial charge in [-0.1, -0.05) is 5.16 Å². The van der Waals surface area contributed by atoms with Gasteiger partial charge in [-0.25, -0.2) is 4.39 Å². The summed E-state index contributed by atoms with van der Waals surface area (Å²) in [5, 5.41) is 7.06. The van der Waals surface area contributed by atoms with Crippen molar-refractivity contribution in [2.45, 2.75) is 5.92 Å². The lowest BCUT2D eigenvalue weighted by Crippen LogP contribution is -2.40. The van der Waals surface area contributed by atoms with Crippen molar-refractivity contribution < 1.29 is 8.91 Å². The molecule has 4 nitrogen and oxygen atoms in total. The molecule has 0 saturated carbocycles. The van der Waals surface area contributed by atoms with Gasteiger partial charge in [0.1, 0.15) is 5.82 Å². The molecule has 1 aromatic carbocycles. The second-order valence-corrected chi connectivity index (χ2v) is 3.82. The maximum Gasteiger partial charge on any atom is 0.257 e. The van der Waals surface area contributed by atoms with E-state index in [9.17, 15) is 4.39 Å². The molecule has 0 amide bonds. The zero-order valence-corrected chi connectivity index (χ0v) is 8.48. The standard InChI is InChI=1S/C11H10FN3O/c12-9-3-1-7(2-4-9)11-14-10(15-16-11)8-5-13-6-8/h1-4,8,13H,5-6H2. The van der Waals surface area contributed by atoms with E-state index in [0.29, 0.717) is 11.8 Å². The highest BCUT2D eigenvalue weighted by atomic mass is 19.1. The first-order valence-corrected chi connectivity index (χ1v) is 5.13. The van der Waals surface area contributed by atoms with E-state index in [-0.39, 0.29) is 5.82 Å². The fraction of sp³-hybridized carbons (Fsp3) is 0.273. The molecular weight excluding hydrogens is 209 g/mol. The molecule has 0 radical (unpaired) electrons. The van der Waals surface area contributed by atoms with Crippen LogP contribution in [0.15, 0.2) is 28.8 Å². The minimum absolute atomic E-state index is 0.272. The monoisotopic (exact) mass is 219 g/mol. The van der Waals surface area contributed by atoms with Gasteiger partial charge in [-0.05, 0) is 24.3 Å². The summed E-state index contributed by atoms with van der Waals surface area (Å²) in [5.41, 5.74) is 0.743. The number of rotatable bonds is 2. The Morgan fingerprint density at radius 2 is 2.00 bits per heavy atom. The molecule has 16 heavy (non-hydrogen) atoms. The molecule has 2 heterocycles. The molecule has 3 rings (SSSR count). The van der Waals surface area contributed by atoms with Gasteiger partial charge in [0.05, 0.1) is 0 Å². The average molecular weight is 219 g/mol. The lowest BCUT2D eigenvalue weighted by atomic mass is 10.0. The van der Waals surface area contributed by atoms with Crippen LogP contribution in [0, 0.1) is 5.82 Å². The Kier molecular flexibility index (Phi) is 2.18. The Hall–Kier alpha value is -1.75. The van der Waals surface area contributed by atoms with Crippen LogP contribution in [-0.4, -0.2) is 23.2 Å². The molecule has 0 aliphatic carbocycles. The van der Waals surface area contributed by atoms with E-state index in [1.165, 1.54) is 12.1 Å². The summed E-state index contributed by atoms with van der Waals surface area (Å²) < 4.78 is 17.9. The van der Waals surface area contributed by atoms with Gasteiger partial charge in [0.2, 0.25) is 0 Å². The van der Waals surface area contributed by atoms with Crippen LogP contribution in [-0.2, 0) is 0 Å². The third-order valence-electron chi connectivity index (χ3n) is 2.68. The molecule has 2 aromatic rings. The molecule has 1 fully saturated rings. The van der Waals surface area contributed by atoms with Crippen LogP contribution in [0.4, 0.5) is 4.39 Å². The largest absolute Gasteiger partial charge is 0.334 e. The van der Waals surface area contributed by atoms with Gasteiger partial charge < -0.3 is 9.84 Å². The van der Waals surface area contributed by atoms with Crippen molar-refractivity contribution in [1.29, 1.82) is 0 Å². The Balaban J connectivity index is 1.88. The van der Waals surface area contributed by atoms with Crippen LogP contribution in [0.25, 0.3) is 11.5 Å². The van der Waals surface area contributed by atoms with E-state index in [4.69, 9.17) is 4.52 Å². The van der Waals surface area contributed by atoms with Gasteiger partial charge in [-0.2, -0.15) is 4.98 Å². The highest BCUT2D eigenvalue weighted by Crippen LogP contribution is 2.22.